The summed E-state index contributed by atoms with van der Waals surface area (Å²) >= 11 is 3.18. The van der Waals surface area contributed by atoms with Crippen molar-refractivity contribution >= 4 is 15.9 Å². The number of rotatable bonds is 2. The van der Waals surface area contributed by atoms with Gasteiger partial charge >= 0.3 is 6.18 Å². The predicted octanol–water partition coefficient (Wildman–Crippen LogP) is 4.01. The number of halogens is 5. The highest BCUT2D eigenvalue weighted by molar-refractivity contribution is 9.10. The Labute approximate surface area is 139 Å². The van der Waals surface area contributed by atoms with E-state index in [-0.39, 0.29) is 22.8 Å². The van der Waals surface area contributed by atoms with Crippen molar-refractivity contribution in [1.82, 2.24) is 15.1 Å². The van der Waals surface area contributed by atoms with Gasteiger partial charge in [-0.2, -0.15) is 18.2 Å². The van der Waals surface area contributed by atoms with Gasteiger partial charge in [-0.05, 0) is 34.1 Å². The lowest BCUT2D eigenvalue weighted by molar-refractivity contribution is -0.137. The topological polar surface area (TPSA) is 71.8 Å². The van der Waals surface area contributed by atoms with Crippen LogP contribution in [0.15, 0.2) is 44.3 Å². The van der Waals surface area contributed by atoms with E-state index in [1.54, 1.807) is 0 Å². The Kier molecular flexibility index (Phi) is 3.99. The number of aromatic nitrogens is 3. The fourth-order valence-electron chi connectivity index (χ4n) is 1.95. The normalized spacial score (nSPS) is 11.7. The molecule has 5 nitrogen and oxygen atoms in total. The first-order valence-electron chi connectivity index (χ1n) is 6.34. The third-order valence-corrected chi connectivity index (χ3v) is 3.67. The molecule has 0 atom stereocenters. The van der Waals surface area contributed by atoms with Crippen LogP contribution < -0.4 is 5.56 Å². The Morgan fingerprint density at radius 1 is 1.17 bits per heavy atom. The molecule has 0 fully saturated rings. The number of nitrogens with zero attached hydrogens (tertiary/aromatic N) is 2. The molecular weight excluding hydrogens is 398 g/mol. The van der Waals surface area contributed by atoms with E-state index in [1.807, 2.05) is 0 Å². The lowest BCUT2D eigenvalue weighted by atomic mass is 10.1. The number of benzene rings is 1. The van der Waals surface area contributed by atoms with Crippen LogP contribution in [0.1, 0.15) is 5.56 Å². The zero-order valence-electron chi connectivity index (χ0n) is 11.5. The van der Waals surface area contributed by atoms with Gasteiger partial charge in [0.25, 0.3) is 5.89 Å². The number of pyridine rings is 1. The van der Waals surface area contributed by atoms with E-state index < -0.39 is 23.1 Å². The molecule has 0 radical (unpaired) electrons. The lowest BCUT2D eigenvalue weighted by Crippen LogP contribution is -2.05. The molecule has 124 valence electrons. The summed E-state index contributed by atoms with van der Waals surface area (Å²) in [6, 6.07) is 3.12. The summed E-state index contributed by atoms with van der Waals surface area (Å²) in [4.78, 5) is 17.7. The zero-order chi connectivity index (χ0) is 17.5. The Balaban J connectivity index is 2.07. The summed E-state index contributed by atoms with van der Waals surface area (Å²) < 4.78 is 57.1. The van der Waals surface area contributed by atoms with Crippen LogP contribution in [0.2, 0.25) is 0 Å². The van der Waals surface area contributed by atoms with Crippen molar-refractivity contribution in [2.24, 2.45) is 0 Å². The van der Waals surface area contributed by atoms with Gasteiger partial charge in [-0.25, -0.2) is 4.39 Å². The maximum absolute atomic E-state index is 13.5. The second-order valence-corrected chi connectivity index (χ2v) is 5.56. The van der Waals surface area contributed by atoms with Crippen molar-refractivity contribution in [2.45, 2.75) is 6.18 Å². The van der Waals surface area contributed by atoms with Gasteiger partial charge < -0.3 is 9.51 Å². The largest absolute Gasteiger partial charge is 0.416 e. The Bertz CT molecular complexity index is 965. The Morgan fingerprint density at radius 2 is 1.92 bits per heavy atom. The fourth-order valence-corrected chi connectivity index (χ4v) is 2.35. The van der Waals surface area contributed by atoms with Crippen LogP contribution in [-0.2, 0) is 6.18 Å². The van der Waals surface area contributed by atoms with Gasteiger partial charge in [0.15, 0.2) is 0 Å². The minimum Gasteiger partial charge on any atom is -0.334 e. The van der Waals surface area contributed by atoms with Gasteiger partial charge in [-0.1, -0.05) is 5.16 Å². The van der Waals surface area contributed by atoms with Gasteiger partial charge in [0, 0.05) is 22.3 Å². The van der Waals surface area contributed by atoms with E-state index in [1.165, 1.54) is 12.3 Å². The van der Waals surface area contributed by atoms with Crippen LogP contribution in [-0.4, -0.2) is 15.1 Å². The van der Waals surface area contributed by atoms with Crippen LogP contribution in [0.5, 0.6) is 0 Å². The molecule has 0 saturated heterocycles. The molecule has 0 aliphatic heterocycles. The highest BCUT2D eigenvalue weighted by Crippen LogP contribution is 2.33. The minimum absolute atomic E-state index is 0.0965. The van der Waals surface area contributed by atoms with Crippen molar-refractivity contribution in [3.8, 4) is 22.8 Å². The van der Waals surface area contributed by atoms with Gasteiger partial charge in [0.05, 0.1) is 11.1 Å². The van der Waals surface area contributed by atoms with Crippen molar-refractivity contribution in [1.29, 1.82) is 0 Å². The van der Waals surface area contributed by atoms with E-state index in [2.05, 4.69) is 31.1 Å². The lowest BCUT2D eigenvalue weighted by Gasteiger charge is -2.07. The highest BCUT2D eigenvalue weighted by Gasteiger charge is 2.32. The molecule has 0 unspecified atom stereocenters. The van der Waals surface area contributed by atoms with Crippen molar-refractivity contribution < 1.29 is 22.1 Å². The number of H-pyrrole nitrogens is 1. The van der Waals surface area contributed by atoms with Crippen molar-refractivity contribution in [2.75, 3.05) is 0 Å². The molecule has 1 N–H and O–H groups in total. The van der Waals surface area contributed by atoms with Crippen LogP contribution in [0.3, 0.4) is 0 Å². The van der Waals surface area contributed by atoms with E-state index >= 15 is 0 Å². The second-order valence-electron chi connectivity index (χ2n) is 4.71. The Hall–Kier alpha value is -2.49. The summed E-state index contributed by atoms with van der Waals surface area (Å²) in [6.07, 6.45) is -3.36. The third-order valence-electron chi connectivity index (χ3n) is 3.01. The third kappa shape index (κ3) is 3.23. The summed E-state index contributed by atoms with van der Waals surface area (Å²) in [5.74, 6) is -1.41. The number of nitrogens with one attached hydrogen (secondary N) is 1. The molecular formula is C14H6BrF4N3O2. The molecule has 3 rings (SSSR count). The molecule has 2 heterocycles. The molecule has 1 aromatic carbocycles. The molecule has 10 heteroatoms. The summed E-state index contributed by atoms with van der Waals surface area (Å²) in [5, 5.41) is 3.54. The second kappa shape index (κ2) is 5.86. The number of hydrogen-bond donors (Lipinski definition) is 1. The molecule has 0 amide bonds. The number of hydrogen-bond acceptors (Lipinski definition) is 4. The van der Waals surface area contributed by atoms with Gasteiger partial charge in [-0.15, -0.1) is 0 Å². The first-order chi connectivity index (χ1) is 11.2. The predicted molar refractivity (Wildman–Crippen MR) is 78.5 cm³/mol. The number of alkyl halides is 3. The molecule has 0 aliphatic rings. The maximum Gasteiger partial charge on any atom is 0.416 e. The maximum atomic E-state index is 13.5. The molecule has 0 bridgehead atoms. The van der Waals surface area contributed by atoms with Crippen LogP contribution in [0.25, 0.3) is 22.8 Å². The summed E-state index contributed by atoms with van der Waals surface area (Å²) in [5.41, 5.74) is -1.54. The van der Waals surface area contributed by atoms with E-state index in [0.29, 0.717) is 16.6 Å². The SMILES string of the molecule is O=c1cc(-c2nc(-c3cc(F)cc(C(F)(F)F)c3)no2)c(Br)c[nH]1. The fraction of sp³-hybridized carbons (Fsp3) is 0.0714. The van der Waals surface area contributed by atoms with Crippen LogP contribution in [0, 0.1) is 5.82 Å². The molecule has 2 aromatic heterocycles. The summed E-state index contributed by atoms with van der Waals surface area (Å²) in [7, 11) is 0. The average molecular weight is 404 g/mol. The van der Waals surface area contributed by atoms with Crippen molar-refractivity contribution in [3.05, 3.63) is 56.7 Å². The van der Waals surface area contributed by atoms with Crippen LogP contribution >= 0.6 is 15.9 Å². The van der Waals surface area contributed by atoms with Gasteiger partial charge in [0.1, 0.15) is 5.82 Å². The molecule has 0 aliphatic carbocycles. The first kappa shape index (κ1) is 16.4. The average Bonchev–Trinajstić information content (AvgIpc) is 2.98. The Morgan fingerprint density at radius 3 is 2.62 bits per heavy atom. The van der Waals surface area contributed by atoms with E-state index in [4.69, 9.17) is 4.52 Å². The first-order valence-corrected chi connectivity index (χ1v) is 7.14. The number of aromatic amines is 1. The molecule has 24 heavy (non-hydrogen) atoms. The van der Waals surface area contributed by atoms with Crippen molar-refractivity contribution in [3.63, 3.8) is 0 Å². The molecule has 0 spiro atoms. The molecule has 3 aromatic rings. The van der Waals surface area contributed by atoms with Gasteiger partial charge in [0.2, 0.25) is 11.4 Å². The monoisotopic (exact) mass is 403 g/mol. The smallest absolute Gasteiger partial charge is 0.334 e. The quantitative estimate of drug-likeness (QED) is 0.656. The van der Waals surface area contributed by atoms with Gasteiger partial charge in [-0.3, -0.25) is 4.79 Å². The highest BCUT2D eigenvalue weighted by atomic mass is 79.9. The zero-order valence-corrected chi connectivity index (χ0v) is 13.1. The van der Waals surface area contributed by atoms with E-state index in [9.17, 15) is 22.4 Å². The van der Waals surface area contributed by atoms with Crippen LogP contribution in [0.4, 0.5) is 17.6 Å². The standard InChI is InChI=1S/C14H6BrF4N3O2/c15-10-5-20-11(23)4-9(10)13-21-12(22-24-13)6-1-7(14(17,18)19)3-8(16)2-6/h1-5H,(H,20,23). The minimum atomic E-state index is -4.71. The van der Waals surface area contributed by atoms with E-state index in [0.717, 1.165) is 6.07 Å². The summed E-state index contributed by atoms with van der Waals surface area (Å²) in [6.45, 7) is 0. The molecule has 0 saturated carbocycles.